The minimum atomic E-state index is -4.42. The van der Waals surface area contributed by atoms with Gasteiger partial charge in [-0.15, -0.1) is 0 Å². The van der Waals surface area contributed by atoms with Gasteiger partial charge in [-0.3, -0.25) is 4.79 Å². The molecule has 2 aromatic carbocycles. The van der Waals surface area contributed by atoms with Crippen LogP contribution in [0, 0.1) is 5.82 Å². The van der Waals surface area contributed by atoms with E-state index < -0.39 is 17.6 Å². The summed E-state index contributed by atoms with van der Waals surface area (Å²) in [5.41, 5.74) is -0.439. The number of aldehydes is 1. The van der Waals surface area contributed by atoms with Gasteiger partial charge >= 0.3 is 6.18 Å². The molecule has 0 fully saturated rings. The number of rotatable bonds is 3. The molecule has 0 aromatic heterocycles. The first-order chi connectivity index (χ1) is 9.91. The third-order valence-corrected chi connectivity index (χ3v) is 2.85. The lowest BCUT2D eigenvalue weighted by Gasteiger charge is -2.06. The first kappa shape index (κ1) is 15.0. The molecule has 0 saturated carbocycles. The highest BCUT2D eigenvalue weighted by atomic mass is 19.4. The Morgan fingerprint density at radius 1 is 0.905 bits per heavy atom. The van der Waals surface area contributed by atoms with Crippen LogP contribution in [0.1, 0.15) is 27.0 Å². The van der Waals surface area contributed by atoms with Crippen LogP contribution in [-0.2, 0) is 6.18 Å². The van der Waals surface area contributed by atoms with Gasteiger partial charge < -0.3 is 0 Å². The van der Waals surface area contributed by atoms with Crippen molar-refractivity contribution in [3.63, 3.8) is 0 Å². The number of carbonyl (C=O) groups is 1. The lowest BCUT2D eigenvalue weighted by atomic mass is 10.1. The quantitative estimate of drug-likeness (QED) is 0.450. The highest BCUT2D eigenvalue weighted by Gasteiger charge is 2.30. The molecule has 0 amide bonds. The second-order valence-electron chi connectivity index (χ2n) is 4.32. The molecule has 5 heteroatoms. The van der Waals surface area contributed by atoms with Crippen molar-refractivity contribution < 1.29 is 22.4 Å². The van der Waals surface area contributed by atoms with Crippen LogP contribution in [0.25, 0.3) is 12.2 Å². The molecule has 108 valence electrons. The fraction of sp³-hybridized carbons (Fsp3) is 0.0625. The summed E-state index contributed by atoms with van der Waals surface area (Å²) in [4.78, 5) is 10.6. The summed E-state index contributed by atoms with van der Waals surface area (Å²) in [5, 5.41) is 0. The molecular weight excluding hydrogens is 284 g/mol. The Morgan fingerprint density at radius 2 is 1.57 bits per heavy atom. The van der Waals surface area contributed by atoms with Crippen molar-refractivity contribution in [1.29, 1.82) is 0 Å². The molecule has 0 radical (unpaired) electrons. The predicted molar refractivity (Wildman–Crippen MR) is 72.2 cm³/mol. The van der Waals surface area contributed by atoms with Crippen LogP contribution in [0.5, 0.6) is 0 Å². The summed E-state index contributed by atoms with van der Waals surface area (Å²) in [5.74, 6) is -0.698. The van der Waals surface area contributed by atoms with Crippen LogP contribution in [0.3, 0.4) is 0 Å². The van der Waals surface area contributed by atoms with Crippen LogP contribution in [0.2, 0.25) is 0 Å². The van der Waals surface area contributed by atoms with E-state index in [0.29, 0.717) is 11.8 Å². The minimum absolute atomic E-state index is 0.0961. The van der Waals surface area contributed by atoms with Gasteiger partial charge in [-0.2, -0.15) is 13.2 Å². The van der Waals surface area contributed by atoms with Crippen molar-refractivity contribution in [2.24, 2.45) is 0 Å². The number of carbonyl (C=O) groups excluding carboxylic acids is 1. The monoisotopic (exact) mass is 294 g/mol. The van der Waals surface area contributed by atoms with Gasteiger partial charge in [0.2, 0.25) is 0 Å². The Kier molecular flexibility index (Phi) is 4.21. The molecule has 0 heterocycles. The first-order valence-electron chi connectivity index (χ1n) is 6.01. The average molecular weight is 294 g/mol. The maximum atomic E-state index is 13.8. The number of halogens is 4. The van der Waals surface area contributed by atoms with Crippen molar-refractivity contribution in [3.8, 4) is 0 Å². The van der Waals surface area contributed by atoms with E-state index in [4.69, 9.17) is 0 Å². The summed E-state index contributed by atoms with van der Waals surface area (Å²) in [6, 6.07) is 8.95. The number of hydrogen-bond donors (Lipinski definition) is 0. The number of hydrogen-bond acceptors (Lipinski definition) is 1. The summed E-state index contributed by atoms with van der Waals surface area (Å²) >= 11 is 0. The van der Waals surface area contributed by atoms with Gasteiger partial charge in [0.1, 0.15) is 5.82 Å². The van der Waals surface area contributed by atoms with Crippen LogP contribution < -0.4 is 0 Å². The lowest BCUT2D eigenvalue weighted by molar-refractivity contribution is -0.137. The fourth-order valence-corrected chi connectivity index (χ4v) is 1.79. The van der Waals surface area contributed by atoms with Crippen molar-refractivity contribution >= 4 is 18.4 Å². The molecule has 0 aliphatic heterocycles. The number of alkyl halides is 3. The Morgan fingerprint density at radius 3 is 2.24 bits per heavy atom. The Bertz CT molecular complexity index is 687. The SMILES string of the molecule is O=Cc1cccc(/C=C/c2cccc(C(F)(F)F)c2)c1F. The molecule has 21 heavy (non-hydrogen) atoms. The van der Waals surface area contributed by atoms with Crippen molar-refractivity contribution in [3.05, 3.63) is 70.5 Å². The molecule has 0 bridgehead atoms. The molecule has 0 aliphatic carbocycles. The summed E-state index contributed by atoms with van der Waals surface area (Å²) < 4.78 is 51.5. The van der Waals surface area contributed by atoms with Crippen molar-refractivity contribution in [1.82, 2.24) is 0 Å². The highest BCUT2D eigenvalue weighted by molar-refractivity contribution is 5.79. The zero-order valence-corrected chi connectivity index (χ0v) is 10.7. The topological polar surface area (TPSA) is 17.1 Å². The van der Waals surface area contributed by atoms with Crippen LogP contribution in [0.4, 0.5) is 17.6 Å². The van der Waals surface area contributed by atoms with E-state index >= 15 is 0 Å². The third kappa shape index (κ3) is 3.56. The Balaban J connectivity index is 2.32. The summed E-state index contributed by atoms with van der Waals surface area (Å²) in [6.45, 7) is 0. The standard InChI is InChI=1S/C16H10F4O/c17-15-12(4-2-5-13(15)10-21)8-7-11-3-1-6-14(9-11)16(18,19)20/h1-10H/b8-7+. The Hall–Kier alpha value is -2.43. The summed E-state index contributed by atoms with van der Waals surface area (Å²) in [6.07, 6.45) is -1.34. The maximum Gasteiger partial charge on any atom is 0.416 e. The third-order valence-electron chi connectivity index (χ3n) is 2.85. The minimum Gasteiger partial charge on any atom is -0.298 e. The molecule has 0 saturated heterocycles. The van der Waals surface area contributed by atoms with Gasteiger partial charge in [0.25, 0.3) is 0 Å². The molecule has 2 aromatic rings. The average Bonchev–Trinajstić information content (AvgIpc) is 2.45. The van der Waals surface area contributed by atoms with Crippen LogP contribution in [-0.4, -0.2) is 6.29 Å². The molecule has 0 N–H and O–H groups in total. The molecule has 0 atom stereocenters. The van der Waals surface area contributed by atoms with Crippen LogP contribution in [0.15, 0.2) is 42.5 Å². The first-order valence-corrected chi connectivity index (χ1v) is 6.01. The second-order valence-corrected chi connectivity index (χ2v) is 4.32. The summed E-state index contributed by atoms with van der Waals surface area (Å²) in [7, 11) is 0. The molecule has 1 nitrogen and oxygen atoms in total. The van der Waals surface area contributed by atoms with Gasteiger partial charge in [-0.05, 0) is 23.8 Å². The number of benzene rings is 2. The van der Waals surface area contributed by atoms with Gasteiger partial charge in [0.05, 0.1) is 11.1 Å². The zero-order chi connectivity index (χ0) is 15.5. The van der Waals surface area contributed by atoms with Gasteiger partial charge in [0.15, 0.2) is 6.29 Å². The second kappa shape index (κ2) is 5.91. The largest absolute Gasteiger partial charge is 0.416 e. The van der Waals surface area contributed by atoms with E-state index in [0.717, 1.165) is 12.1 Å². The van der Waals surface area contributed by atoms with E-state index in [1.54, 1.807) is 0 Å². The fourth-order valence-electron chi connectivity index (χ4n) is 1.79. The van der Waals surface area contributed by atoms with Crippen LogP contribution >= 0.6 is 0 Å². The zero-order valence-electron chi connectivity index (χ0n) is 10.7. The van der Waals surface area contributed by atoms with Gasteiger partial charge in [-0.25, -0.2) is 4.39 Å². The lowest BCUT2D eigenvalue weighted by Crippen LogP contribution is -2.04. The van der Waals surface area contributed by atoms with E-state index in [1.165, 1.54) is 42.5 Å². The molecule has 0 unspecified atom stereocenters. The normalized spacial score (nSPS) is 11.8. The smallest absolute Gasteiger partial charge is 0.298 e. The molecule has 2 rings (SSSR count). The van der Waals surface area contributed by atoms with Gasteiger partial charge in [0, 0.05) is 5.56 Å². The van der Waals surface area contributed by atoms with E-state index in [1.807, 2.05) is 0 Å². The van der Waals surface area contributed by atoms with Gasteiger partial charge in [-0.1, -0.05) is 36.4 Å². The maximum absolute atomic E-state index is 13.8. The molecule has 0 spiro atoms. The molecular formula is C16H10F4O. The highest BCUT2D eigenvalue weighted by Crippen LogP contribution is 2.29. The van der Waals surface area contributed by atoms with Crippen molar-refractivity contribution in [2.75, 3.05) is 0 Å². The van der Waals surface area contributed by atoms with Crippen molar-refractivity contribution in [2.45, 2.75) is 6.18 Å². The van der Waals surface area contributed by atoms with E-state index in [9.17, 15) is 22.4 Å². The Labute approximate surface area is 118 Å². The molecule has 0 aliphatic rings. The van der Waals surface area contributed by atoms with E-state index in [2.05, 4.69) is 0 Å². The van der Waals surface area contributed by atoms with E-state index in [-0.39, 0.29) is 11.1 Å². The predicted octanol–water partition coefficient (Wildman–Crippen LogP) is 4.83.